The summed E-state index contributed by atoms with van der Waals surface area (Å²) in [6, 6.07) is 10.8. The number of ether oxygens (including phenoxy) is 1. The molecule has 0 radical (unpaired) electrons. The molecule has 0 saturated carbocycles. The third kappa shape index (κ3) is 3.79. The smallest absolute Gasteiger partial charge is 0.124 e. The molecule has 0 spiro atoms. The van der Waals surface area contributed by atoms with Crippen LogP contribution in [-0.4, -0.2) is 31.2 Å². The van der Waals surface area contributed by atoms with Gasteiger partial charge in [0.25, 0.3) is 0 Å². The first-order valence-corrected chi connectivity index (χ1v) is 7.01. The van der Waals surface area contributed by atoms with Gasteiger partial charge in [-0.05, 0) is 23.5 Å². The van der Waals surface area contributed by atoms with Crippen LogP contribution in [0.4, 0.5) is 0 Å². The van der Waals surface area contributed by atoms with E-state index in [1.807, 2.05) is 0 Å². The first-order valence-electron chi connectivity index (χ1n) is 7.01. The topological polar surface area (TPSA) is 36.3 Å². The molecule has 1 atom stereocenters. The highest BCUT2D eigenvalue weighted by Gasteiger charge is 2.21. The van der Waals surface area contributed by atoms with Crippen LogP contribution in [0.25, 0.3) is 0 Å². The maximum absolute atomic E-state index is 9.41. The molecule has 3 heteroatoms. The molecule has 0 aliphatic carbocycles. The van der Waals surface area contributed by atoms with E-state index in [1.165, 1.54) is 5.56 Å². The molecule has 1 aliphatic rings. The molecule has 102 valence electrons. The van der Waals surface area contributed by atoms with Crippen molar-refractivity contribution in [2.45, 2.75) is 26.3 Å². The Morgan fingerprint density at radius 1 is 1.21 bits per heavy atom. The maximum atomic E-state index is 9.41. The third-order valence-electron chi connectivity index (χ3n) is 3.47. The predicted octanol–water partition coefficient (Wildman–Crippen LogP) is 2.78. The molecular formula is C16H22N2O. The number of benzene rings is 1. The summed E-state index contributed by atoms with van der Waals surface area (Å²) in [7, 11) is 0. The lowest BCUT2D eigenvalue weighted by Crippen LogP contribution is -2.38. The summed E-state index contributed by atoms with van der Waals surface area (Å²) in [4.78, 5) is 2.20. The van der Waals surface area contributed by atoms with Crippen LogP contribution < -0.4 is 0 Å². The minimum absolute atomic E-state index is 0.142. The average molecular weight is 258 g/mol. The molecule has 1 aromatic carbocycles. The monoisotopic (exact) mass is 258 g/mol. The van der Waals surface area contributed by atoms with E-state index in [1.54, 1.807) is 0 Å². The Morgan fingerprint density at radius 2 is 1.84 bits per heavy atom. The molecule has 1 unspecified atom stereocenters. The minimum Gasteiger partial charge on any atom is -0.379 e. The quantitative estimate of drug-likeness (QED) is 0.833. The predicted molar refractivity (Wildman–Crippen MR) is 75.7 cm³/mol. The van der Waals surface area contributed by atoms with Crippen molar-refractivity contribution in [2.24, 2.45) is 5.92 Å². The molecule has 1 saturated heterocycles. The zero-order valence-corrected chi connectivity index (χ0v) is 11.8. The molecule has 2 rings (SSSR count). The summed E-state index contributed by atoms with van der Waals surface area (Å²) in [5, 5.41) is 9.41. The van der Waals surface area contributed by atoms with Crippen LogP contribution in [0.1, 0.15) is 31.0 Å². The number of morpholine rings is 1. The molecule has 0 amide bonds. The fourth-order valence-corrected chi connectivity index (χ4v) is 2.51. The summed E-state index contributed by atoms with van der Waals surface area (Å²) >= 11 is 0. The largest absolute Gasteiger partial charge is 0.379 e. The SMILES string of the molecule is CC(C)Cc1ccc(C(C#N)N2CCOCC2)cc1. The third-order valence-corrected chi connectivity index (χ3v) is 3.47. The highest BCUT2D eigenvalue weighted by atomic mass is 16.5. The van der Waals surface area contributed by atoms with E-state index in [-0.39, 0.29) is 6.04 Å². The van der Waals surface area contributed by atoms with E-state index < -0.39 is 0 Å². The van der Waals surface area contributed by atoms with Crippen molar-refractivity contribution < 1.29 is 4.74 Å². The zero-order valence-electron chi connectivity index (χ0n) is 11.8. The Morgan fingerprint density at radius 3 is 2.37 bits per heavy atom. The van der Waals surface area contributed by atoms with Crippen molar-refractivity contribution in [3.05, 3.63) is 35.4 Å². The number of nitrogens with zero attached hydrogens (tertiary/aromatic N) is 2. The second-order valence-electron chi connectivity index (χ2n) is 5.52. The van der Waals surface area contributed by atoms with E-state index in [0.29, 0.717) is 5.92 Å². The molecule has 0 bridgehead atoms. The summed E-state index contributed by atoms with van der Waals surface area (Å²) < 4.78 is 5.34. The Balaban J connectivity index is 2.08. The summed E-state index contributed by atoms with van der Waals surface area (Å²) in [6.07, 6.45) is 1.09. The lowest BCUT2D eigenvalue weighted by Gasteiger charge is -2.30. The van der Waals surface area contributed by atoms with Crippen molar-refractivity contribution in [1.82, 2.24) is 4.90 Å². The van der Waals surface area contributed by atoms with Crippen LogP contribution in [0.15, 0.2) is 24.3 Å². The number of hydrogen-bond acceptors (Lipinski definition) is 3. The highest BCUT2D eigenvalue weighted by Crippen LogP contribution is 2.22. The van der Waals surface area contributed by atoms with Crippen LogP contribution in [0.2, 0.25) is 0 Å². The van der Waals surface area contributed by atoms with E-state index in [9.17, 15) is 5.26 Å². The van der Waals surface area contributed by atoms with E-state index in [4.69, 9.17) is 4.74 Å². The van der Waals surface area contributed by atoms with Crippen LogP contribution >= 0.6 is 0 Å². The van der Waals surface area contributed by atoms with Crippen LogP contribution in [0.5, 0.6) is 0 Å². The van der Waals surface area contributed by atoms with Gasteiger partial charge >= 0.3 is 0 Å². The Labute approximate surface area is 115 Å². The lowest BCUT2D eigenvalue weighted by atomic mass is 9.99. The van der Waals surface area contributed by atoms with Crippen molar-refractivity contribution in [1.29, 1.82) is 5.26 Å². The van der Waals surface area contributed by atoms with Crippen molar-refractivity contribution in [2.75, 3.05) is 26.3 Å². The Kier molecular flexibility index (Phi) is 4.95. The Bertz CT molecular complexity index is 427. The molecule has 1 heterocycles. The van der Waals surface area contributed by atoms with Crippen LogP contribution in [0.3, 0.4) is 0 Å². The van der Waals surface area contributed by atoms with E-state index >= 15 is 0 Å². The standard InChI is InChI=1S/C16H22N2O/c1-13(2)11-14-3-5-15(6-4-14)16(12-17)18-7-9-19-10-8-18/h3-6,13,16H,7-11H2,1-2H3. The van der Waals surface area contributed by atoms with Gasteiger partial charge in [-0.2, -0.15) is 5.26 Å². The van der Waals surface area contributed by atoms with Gasteiger partial charge in [0.05, 0.1) is 19.3 Å². The fourth-order valence-electron chi connectivity index (χ4n) is 2.51. The van der Waals surface area contributed by atoms with Crippen LogP contribution in [-0.2, 0) is 11.2 Å². The maximum Gasteiger partial charge on any atom is 0.124 e. The van der Waals surface area contributed by atoms with Gasteiger partial charge in [0.2, 0.25) is 0 Å². The van der Waals surface area contributed by atoms with Gasteiger partial charge in [0, 0.05) is 13.1 Å². The number of nitriles is 1. The highest BCUT2D eigenvalue weighted by molar-refractivity contribution is 5.28. The summed E-state index contributed by atoms with van der Waals surface area (Å²) in [5.41, 5.74) is 2.44. The van der Waals surface area contributed by atoms with Crippen molar-refractivity contribution in [3.63, 3.8) is 0 Å². The van der Waals surface area contributed by atoms with Gasteiger partial charge in [-0.3, -0.25) is 4.90 Å². The first kappa shape index (κ1) is 14.0. The minimum atomic E-state index is -0.142. The second-order valence-corrected chi connectivity index (χ2v) is 5.52. The van der Waals surface area contributed by atoms with Gasteiger partial charge in [-0.25, -0.2) is 0 Å². The molecule has 0 N–H and O–H groups in total. The van der Waals surface area contributed by atoms with Gasteiger partial charge in [-0.15, -0.1) is 0 Å². The van der Waals surface area contributed by atoms with Gasteiger partial charge < -0.3 is 4.74 Å². The molecule has 3 nitrogen and oxygen atoms in total. The van der Waals surface area contributed by atoms with Gasteiger partial charge in [0.15, 0.2) is 0 Å². The van der Waals surface area contributed by atoms with E-state index in [2.05, 4.69) is 49.1 Å². The second kappa shape index (κ2) is 6.70. The number of rotatable bonds is 4. The molecule has 1 aliphatic heterocycles. The Hall–Kier alpha value is -1.37. The van der Waals surface area contributed by atoms with E-state index in [0.717, 1.165) is 38.3 Å². The summed E-state index contributed by atoms with van der Waals surface area (Å²) in [5.74, 6) is 0.664. The van der Waals surface area contributed by atoms with Crippen LogP contribution in [0, 0.1) is 17.2 Å². The molecule has 1 aromatic rings. The fraction of sp³-hybridized carbons (Fsp3) is 0.562. The molecule has 1 fully saturated rings. The van der Waals surface area contributed by atoms with Crippen molar-refractivity contribution in [3.8, 4) is 6.07 Å². The molecule has 0 aromatic heterocycles. The van der Waals surface area contributed by atoms with Gasteiger partial charge in [-0.1, -0.05) is 38.1 Å². The average Bonchev–Trinajstić information content (AvgIpc) is 2.42. The summed E-state index contributed by atoms with van der Waals surface area (Å²) in [6.45, 7) is 7.57. The van der Waals surface area contributed by atoms with Gasteiger partial charge in [0.1, 0.15) is 6.04 Å². The first-order chi connectivity index (χ1) is 9.20. The zero-order chi connectivity index (χ0) is 13.7. The molecule has 19 heavy (non-hydrogen) atoms. The molecular weight excluding hydrogens is 236 g/mol. The van der Waals surface area contributed by atoms with Crippen molar-refractivity contribution >= 4 is 0 Å². The lowest BCUT2D eigenvalue weighted by molar-refractivity contribution is 0.0266. The number of hydrogen-bond donors (Lipinski definition) is 0. The normalized spacial score (nSPS) is 18.2.